The Balaban J connectivity index is 0. The summed E-state index contributed by atoms with van der Waals surface area (Å²) in [4.78, 5) is 10.3. The molecule has 78 valence electrons. The highest BCUT2D eigenvalue weighted by atomic mass is 35.5. The SMILES string of the molecule is CC(=N)C(N)CC[C@@H](N)C(=O)O.Cl. The number of rotatable bonds is 5. The van der Waals surface area contributed by atoms with Crippen LogP contribution in [0.25, 0.3) is 0 Å². The second-order valence-electron chi connectivity index (χ2n) is 2.81. The zero-order valence-corrected chi connectivity index (χ0v) is 8.30. The molecule has 0 aliphatic carbocycles. The third-order valence-electron chi connectivity index (χ3n) is 1.66. The monoisotopic (exact) mass is 209 g/mol. The van der Waals surface area contributed by atoms with Crippen LogP contribution in [-0.2, 0) is 4.79 Å². The van der Waals surface area contributed by atoms with Crippen molar-refractivity contribution in [2.24, 2.45) is 11.5 Å². The summed E-state index contributed by atoms with van der Waals surface area (Å²) in [5.41, 5.74) is 11.1. The summed E-state index contributed by atoms with van der Waals surface area (Å²) >= 11 is 0. The van der Waals surface area contributed by atoms with Gasteiger partial charge in [0.25, 0.3) is 0 Å². The molecule has 13 heavy (non-hydrogen) atoms. The Labute approximate surface area is 83.4 Å². The van der Waals surface area contributed by atoms with Gasteiger partial charge in [-0.2, -0.15) is 0 Å². The van der Waals surface area contributed by atoms with Gasteiger partial charge in [-0.25, -0.2) is 0 Å². The van der Waals surface area contributed by atoms with E-state index in [1.165, 1.54) is 0 Å². The van der Waals surface area contributed by atoms with Crippen LogP contribution in [-0.4, -0.2) is 28.9 Å². The molecule has 0 bridgehead atoms. The number of nitrogens with two attached hydrogens (primary N) is 2. The van der Waals surface area contributed by atoms with Crippen LogP contribution in [0.2, 0.25) is 0 Å². The van der Waals surface area contributed by atoms with Crippen LogP contribution in [0.15, 0.2) is 0 Å². The molecule has 0 spiro atoms. The first-order valence-electron chi connectivity index (χ1n) is 3.74. The molecule has 0 amide bonds. The Kier molecular flexibility index (Phi) is 7.79. The molecular formula is C7H16ClN3O2. The van der Waals surface area contributed by atoms with E-state index in [1.54, 1.807) is 6.92 Å². The van der Waals surface area contributed by atoms with Crippen LogP contribution in [0.5, 0.6) is 0 Å². The normalized spacial score (nSPS) is 14.1. The number of hydrogen-bond acceptors (Lipinski definition) is 4. The first-order valence-corrected chi connectivity index (χ1v) is 3.74. The van der Waals surface area contributed by atoms with Crippen LogP contribution in [0, 0.1) is 5.41 Å². The Morgan fingerprint density at radius 1 is 1.38 bits per heavy atom. The molecule has 0 aromatic carbocycles. The van der Waals surface area contributed by atoms with Gasteiger partial charge >= 0.3 is 5.97 Å². The maximum absolute atomic E-state index is 10.3. The summed E-state index contributed by atoms with van der Waals surface area (Å²) < 4.78 is 0. The fourth-order valence-corrected chi connectivity index (χ4v) is 0.699. The Morgan fingerprint density at radius 2 is 1.77 bits per heavy atom. The van der Waals surface area contributed by atoms with Gasteiger partial charge < -0.3 is 22.0 Å². The number of halogens is 1. The molecule has 6 heteroatoms. The first-order chi connectivity index (χ1) is 5.45. The third kappa shape index (κ3) is 6.51. The van der Waals surface area contributed by atoms with Gasteiger partial charge in [0, 0.05) is 11.8 Å². The predicted octanol–water partition coefficient (Wildman–Crippen LogP) is -0.0327. The smallest absolute Gasteiger partial charge is 0.320 e. The molecule has 0 radical (unpaired) electrons. The van der Waals surface area contributed by atoms with Gasteiger partial charge in [0.05, 0.1) is 0 Å². The van der Waals surface area contributed by atoms with Crippen molar-refractivity contribution in [3.63, 3.8) is 0 Å². The molecule has 0 aliphatic heterocycles. The zero-order valence-electron chi connectivity index (χ0n) is 7.49. The fraction of sp³-hybridized carbons (Fsp3) is 0.714. The van der Waals surface area contributed by atoms with Gasteiger partial charge in [0.1, 0.15) is 6.04 Å². The van der Waals surface area contributed by atoms with Crippen LogP contribution in [0.3, 0.4) is 0 Å². The molecular weight excluding hydrogens is 194 g/mol. The lowest BCUT2D eigenvalue weighted by atomic mass is 10.0. The Morgan fingerprint density at radius 3 is 2.08 bits per heavy atom. The predicted molar refractivity (Wildman–Crippen MR) is 53.5 cm³/mol. The molecule has 0 heterocycles. The standard InChI is InChI=1S/C7H15N3O2.ClH/c1-4(8)5(9)2-3-6(10)7(11)12;/h5-6,8H,2-3,9-10H2,1H3,(H,11,12);1H/t5?,6-;/m1./s1. The van der Waals surface area contributed by atoms with Crippen LogP contribution in [0.1, 0.15) is 19.8 Å². The molecule has 5 nitrogen and oxygen atoms in total. The Bertz CT molecular complexity index is 167. The van der Waals surface area contributed by atoms with Crippen molar-refractivity contribution in [2.75, 3.05) is 0 Å². The summed E-state index contributed by atoms with van der Waals surface area (Å²) in [6.07, 6.45) is 0.759. The van der Waals surface area contributed by atoms with Gasteiger partial charge in [-0.3, -0.25) is 4.79 Å². The van der Waals surface area contributed by atoms with Crippen molar-refractivity contribution in [3.8, 4) is 0 Å². The van der Waals surface area contributed by atoms with E-state index in [1.807, 2.05) is 0 Å². The number of carbonyl (C=O) groups is 1. The average molecular weight is 210 g/mol. The Hall–Kier alpha value is -0.650. The molecule has 6 N–H and O–H groups in total. The van der Waals surface area contributed by atoms with Gasteiger partial charge in [0.2, 0.25) is 0 Å². The lowest BCUT2D eigenvalue weighted by molar-refractivity contribution is -0.138. The van der Waals surface area contributed by atoms with E-state index in [2.05, 4.69) is 0 Å². The summed E-state index contributed by atoms with van der Waals surface area (Å²) in [6.45, 7) is 1.59. The highest BCUT2D eigenvalue weighted by molar-refractivity contribution is 5.85. The first kappa shape index (κ1) is 14.9. The number of nitrogens with one attached hydrogen (secondary N) is 1. The molecule has 0 aliphatic rings. The van der Waals surface area contributed by atoms with Gasteiger partial charge in [0.15, 0.2) is 0 Å². The van der Waals surface area contributed by atoms with Gasteiger partial charge in [-0.05, 0) is 19.8 Å². The zero-order chi connectivity index (χ0) is 9.72. The van der Waals surface area contributed by atoms with Crippen LogP contribution in [0.4, 0.5) is 0 Å². The molecule has 0 saturated heterocycles. The number of carboxylic acids is 1. The van der Waals surface area contributed by atoms with Crippen molar-refractivity contribution in [1.29, 1.82) is 5.41 Å². The van der Waals surface area contributed by atoms with E-state index >= 15 is 0 Å². The number of aliphatic carboxylic acids is 1. The van der Waals surface area contributed by atoms with Crippen LogP contribution >= 0.6 is 12.4 Å². The molecule has 1 unspecified atom stereocenters. The lowest BCUT2D eigenvalue weighted by Gasteiger charge is -2.11. The van der Waals surface area contributed by atoms with Crippen molar-refractivity contribution >= 4 is 24.1 Å². The van der Waals surface area contributed by atoms with E-state index in [4.69, 9.17) is 22.0 Å². The molecule has 0 rings (SSSR count). The van der Waals surface area contributed by atoms with Crippen molar-refractivity contribution in [2.45, 2.75) is 31.8 Å². The van der Waals surface area contributed by atoms with Crippen molar-refractivity contribution in [1.82, 2.24) is 0 Å². The highest BCUT2D eigenvalue weighted by Crippen LogP contribution is 1.99. The molecule has 0 saturated carbocycles. The van der Waals surface area contributed by atoms with E-state index < -0.39 is 12.0 Å². The lowest BCUT2D eigenvalue weighted by Crippen LogP contribution is -2.34. The van der Waals surface area contributed by atoms with E-state index in [0.717, 1.165) is 0 Å². The largest absolute Gasteiger partial charge is 0.480 e. The van der Waals surface area contributed by atoms with Gasteiger partial charge in [-0.1, -0.05) is 0 Å². The van der Waals surface area contributed by atoms with Crippen molar-refractivity contribution in [3.05, 3.63) is 0 Å². The third-order valence-corrected chi connectivity index (χ3v) is 1.66. The minimum Gasteiger partial charge on any atom is -0.480 e. The maximum Gasteiger partial charge on any atom is 0.320 e. The second-order valence-corrected chi connectivity index (χ2v) is 2.81. The minimum atomic E-state index is -1.02. The quantitative estimate of drug-likeness (QED) is 0.476. The summed E-state index contributed by atoms with van der Waals surface area (Å²) in [7, 11) is 0. The van der Waals surface area contributed by atoms with Crippen LogP contribution < -0.4 is 11.5 Å². The van der Waals surface area contributed by atoms with E-state index in [9.17, 15) is 4.79 Å². The fourth-order valence-electron chi connectivity index (χ4n) is 0.699. The topological polar surface area (TPSA) is 113 Å². The number of carboxylic acid groups (broad SMARTS) is 1. The minimum absolute atomic E-state index is 0. The summed E-state index contributed by atoms with van der Waals surface area (Å²) in [5.74, 6) is -1.02. The molecule has 0 aromatic heterocycles. The maximum atomic E-state index is 10.3. The van der Waals surface area contributed by atoms with Gasteiger partial charge in [-0.15, -0.1) is 12.4 Å². The average Bonchev–Trinajstić information content (AvgIpc) is 1.98. The summed E-state index contributed by atoms with van der Waals surface area (Å²) in [6, 6.07) is -1.23. The van der Waals surface area contributed by atoms with E-state index in [0.29, 0.717) is 18.6 Å². The highest BCUT2D eigenvalue weighted by Gasteiger charge is 2.13. The molecule has 2 atom stereocenters. The number of hydrogen-bond donors (Lipinski definition) is 4. The summed E-state index contributed by atoms with van der Waals surface area (Å²) in [5, 5.41) is 15.6. The molecule has 0 aromatic rings. The molecule has 0 fully saturated rings. The second kappa shape index (κ2) is 6.82. The van der Waals surface area contributed by atoms with E-state index in [-0.39, 0.29) is 18.4 Å². The van der Waals surface area contributed by atoms with Crippen molar-refractivity contribution < 1.29 is 9.90 Å².